The Hall–Kier alpha value is -4.82. The molecular formula is C40H36N12Na2O8S2. The standard InChI is InChI=1S/C40H38N12O8S2.2Na/c53-61(54,55)33-25-31(43-37-45-35(41-29-7-3-1-4-8-29)47-39(49-37)51-17-21-59-22-18-51)15-13-27(33)11-12-28-14-16-32(26-34(28)62(56,57)58)44-38-46-36(42-30-9-5-2-6-10-30)48-40(50-38)52-19-23-60-24-20-52;;/h1-16,25-26H,17-24H2,(H,53,54,55)(H,56,57,58)(H,41,45,47,49)(H,42,46,48,50);;/q;2*+1/p-2/b27-11+,28-12+,43-31?,44-32?;;. The van der Waals surface area contributed by atoms with Crippen LogP contribution in [0.4, 0.5) is 35.2 Å². The van der Waals surface area contributed by atoms with Gasteiger partial charge in [0.05, 0.1) is 59.0 Å². The van der Waals surface area contributed by atoms with Gasteiger partial charge >= 0.3 is 59.1 Å². The van der Waals surface area contributed by atoms with E-state index in [4.69, 9.17) is 9.47 Å². The van der Waals surface area contributed by atoms with Crippen LogP contribution in [-0.2, 0) is 29.7 Å². The van der Waals surface area contributed by atoms with Crippen molar-refractivity contribution in [3.63, 3.8) is 0 Å². The van der Waals surface area contributed by atoms with Gasteiger partial charge in [0.1, 0.15) is 20.2 Å². The zero-order valence-corrected chi connectivity index (χ0v) is 40.2. The molecule has 0 saturated carbocycles. The minimum atomic E-state index is -5.12. The first-order chi connectivity index (χ1) is 29.9. The predicted octanol–water partition coefficient (Wildman–Crippen LogP) is -3.24. The van der Waals surface area contributed by atoms with Gasteiger partial charge < -0.3 is 28.4 Å². The molecule has 0 unspecified atom stereocenters. The van der Waals surface area contributed by atoms with E-state index in [9.17, 15) is 25.9 Å². The summed E-state index contributed by atoms with van der Waals surface area (Å²) < 4.78 is 86.5. The van der Waals surface area contributed by atoms with Gasteiger partial charge in [-0.1, -0.05) is 60.7 Å². The van der Waals surface area contributed by atoms with E-state index in [1.807, 2.05) is 46.2 Å². The van der Waals surface area contributed by atoms with Gasteiger partial charge in [-0.25, -0.2) is 36.8 Å². The topological polar surface area (TPSA) is 272 Å². The van der Waals surface area contributed by atoms with E-state index in [2.05, 4.69) is 49.9 Å². The minimum absolute atomic E-state index is 0. The van der Waals surface area contributed by atoms with Crippen LogP contribution in [0.1, 0.15) is 0 Å². The van der Waals surface area contributed by atoms with Crippen LogP contribution in [0.2, 0.25) is 0 Å². The zero-order chi connectivity index (χ0) is 43.1. The molecule has 2 aliphatic carbocycles. The van der Waals surface area contributed by atoms with E-state index >= 15 is 0 Å². The first-order valence-electron chi connectivity index (χ1n) is 19.1. The van der Waals surface area contributed by atoms with Gasteiger partial charge in [0, 0.05) is 26.2 Å². The van der Waals surface area contributed by atoms with Crippen molar-refractivity contribution in [2.75, 3.05) is 62.4 Å². The number of aromatic nitrogens is 6. The van der Waals surface area contributed by atoms with Crippen LogP contribution in [0.3, 0.4) is 0 Å². The molecule has 4 aromatic rings. The Balaban J connectivity index is 0.00000340. The van der Waals surface area contributed by atoms with Gasteiger partial charge in [0.15, 0.2) is 0 Å². The van der Waals surface area contributed by atoms with Gasteiger partial charge in [-0.3, -0.25) is 9.97 Å². The molecule has 8 rings (SSSR count). The van der Waals surface area contributed by atoms with Gasteiger partial charge in [0.25, 0.3) is 11.2 Å². The van der Waals surface area contributed by atoms with Crippen molar-refractivity contribution in [1.29, 1.82) is 0 Å². The second-order valence-corrected chi connectivity index (χ2v) is 16.3. The molecule has 2 N–H and O–H groups in total. The normalized spacial score (nSPS) is 20.0. The second kappa shape index (κ2) is 21.9. The number of morpholine rings is 2. The van der Waals surface area contributed by atoms with Gasteiger partial charge in [0.2, 0.25) is 23.8 Å². The number of H-pyrrole nitrogens is 2. The fourth-order valence-electron chi connectivity index (χ4n) is 6.35. The number of aliphatic imine (C=N–C) groups is 2. The summed E-state index contributed by atoms with van der Waals surface area (Å²) in [5.41, 5.74) is 1.28. The molecule has 0 radical (unpaired) electrons. The van der Waals surface area contributed by atoms with Crippen molar-refractivity contribution in [2.24, 2.45) is 20.0 Å². The summed E-state index contributed by atoms with van der Waals surface area (Å²) in [5, 5.41) is 0. The number of rotatable bonds is 9. The fraction of sp³-hybridized carbons (Fsp3) is 0.200. The van der Waals surface area contributed by atoms with Crippen molar-refractivity contribution < 1.29 is 94.5 Å². The van der Waals surface area contributed by atoms with Crippen LogP contribution < -0.4 is 80.2 Å². The Morgan fingerprint density at radius 3 is 1.28 bits per heavy atom. The number of hydrogen-bond donors (Lipinski definition) is 2. The van der Waals surface area contributed by atoms with Crippen molar-refractivity contribution in [3.05, 3.63) is 141 Å². The van der Waals surface area contributed by atoms with Gasteiger partial charge in [-0.05, 0) is 59.7 Å². The smallest absolute Gasteiger partial charge is 0.744 e. The molecule has 0 amide bonds. The summed E-state index contributed by atoms with van der Waals surface area (Å²) in [4.78, 5) is 44.5. The summed E-state index contributed by atoms with van der Waals surface area (Å²) in [5.74, 6) is 0.880. The molecule has 4 aliphatic rings. The Bertz CT molecular complexity index is 2790. The molecular weight excluding hydrogens is 887 g/mol. The molecule has 24 heteroatoms. The van der Waals surface area contributed by atoms with Crippen molar-refractivity contribution in [3.8, 4) is 0 Å². The maximum atomic E-state index is 12.6. The Labute approximate surface area is 411 Å². The van der Waals surface area contributed by atoms with E-state index < -0.39 is 30.0 Å². The summed E-state index contributed by atoms with van der Waals surface area (Å²) in [6, 6.07) is 18.1. The van der Waals surface area contributed by atoms with Crippen LogP contribution in [0.25, 0.3) is 0 Å². The number of para-hydroxylation sites is 2. The summed E-state index contributed by atoms with van der Waals surface area (Å²) >= 11 is 0. The first-order valence-corrected chi connectivity index (χ1v) is 21.9. The third-order valence-electron chi connectivity index (χ3n) is 9.31. The molecule has 64 heavy (non-hydrogen) atoms. The number of anilines is 2. The molecule has 2 aromatic heterocycles. The third kappa shape index (κ3) is 12.9. The SMILES string of the molecule is O=S(=O)([O-])C1=CC(=Nc2nc(=Nc3ccccc3)nc(N3CCOCC3)[nH]2)C=C/C1=C\C=C1/C=CC(=Nc2nc(=Nc3ccccc3)nc(N3CCOCC3)[nH]2)C=C1S(=O)(=O)[O-].[Na+].[Na+]. The maximum absolute atomic E-state index is 12.6. The summed E-state index contributed by atoms with van der Waals surface area (Å²) in [6.07, 6.45) is 10.1. The molecule has 20 nitrogen and oxygen atoms in total. The number of aromatic amines is 2. The Morgan fingerprint density at radius 1 is 0.547 bits per heavy atom. The van der Waals surface area contributed by atoms with Crippen molar-refractivity contribution >= 4 is 66.8 Å². The number of allylic oxidation sites excluding steroid dienone is 10. The van der Waals surface area contributed by atoms with Crippen LogP contribution in [-0.4, -0.2) is 120 Å². The number of nitrogens with zero attached hydrogens (tertiary/aromatic N) is 10. The predicted molar refractivity (Wildman–Crippen MR) is 226 cm³/mol. The summed E-state index contributed by atoms with van der Waals surface area (Å²) in [6.45, 7) is 4.04. The molecule has 0 bridgehead atoms. The van der Waals surface area contributed by atoms with Crippen molar-refractivity contribution in [1.82, 2.24) is 29.9 Å². The number of hydrogen-bond acceptors (Lipinski definition) is 18. The molecule has 4 heterocycles. The van der Waals surface area contributed by atoms with E-state index in [-0.39, 0.29) is 105 Å². The minimum Gasteiger partial charge on any atom is -0.744 e. The van der Waals surface area contributed by atoms with Gasteiger partial charge in [-0.2, -0.15) is 19.9 Å². The number of ether oxygens (including phenoxy) is 2. The average molecular weight is 923 g/mol. The molecule has 2 saturated heterocycles. The van der Waals surface area contributed by atoms with E-state index in [0.717, 1.165) is 12.2 Å². The maximum Gasteiger partial charge on any atom is 1.00 e. The number of benzene rings is 2. The third-order valence-corrected chi connectivity index (χ3v) is 11.1. The van der Waals surface area contributed by atoms with Crippen LogP contribution in [0, 0.1) is 0 Å². The largest absolute Gasteiger partial charge is 1.00 e. The van der Waals surface area contributed by atoms with Crippen molar-refractivity contribution in [2.45, 2.75) is 0 Å². The van der Waals surface area contributed by atoms with E-state index in [1.54, 1.807) is 24.3 Å². The monoisotopic (exact) mass is 922 g/mol. The molecule has 318 valence electrons. The molecule has 2 aromatic carbocycles. The number of nitrogens with one attached hydrogen (secondary N) is 2. The molecule has 0 spiro atoms. The van der Waals surface area contributed by atoms with Crippen LogP contribution in [0.15, 0.2) is 150 Å². The Kier molecular flexibility index (Phi) is 16.6. The molecule has 0 atom stereocenters. The zero-order valence-electron chi connectivity index (χ0n) is 34.6. The van der Waals surface area contributed by atoms with Crippen LogP contribution in [0.5, 0.6) is 0 Å². The quantitative estimate of drug-likeness (QED) is 0.124. The van der Waals surface area contributed by atoms with Gasteiger partial charge in [-0.15, -0.1) is 0 Å². The van der Waals surface area contributed by atoms with E-state index in [0.29, 0.717) is 75.9 Å². The fourth-order valence-corrected chi connectivity index (χ4v) is 7.73. The van der Waals surface area contributed by atoms with E-state index in [1.165, 1.54) is 36.5 Å². The molecule has 2 fully saturated rings. The summed E-state index contributed by atoms with van der Waals surface area (Å²) in [7, 11) is -10.2. The Morgan fingerprint density at radius 2 is 0.922 bits per heavy atom. The average Bonchev–Trinajstić information content (AvgIpc) is 3.27. The molecule has 2 aliphatic heterocycles. The van der Waals surface area contributed by atoms with Crippen LogP contribution >= 0.6 is 0 Å². The first kappa shape index (κ1) is 48.6. The second-order valence-electron chi connectivity index (χ2n) is 13.6.